The molecule has 0 unspecified atom stereocenters. The van der Waals surface area contributed by atoms with Gasteiger partial charge in [-0.05, 0) is 81.6 Å². The second-order valence-corrected chi connectivity index (χ2v) is 10.5. The van der Waals surface area contributed by atoms with E-state index in [0.717, 1.165) is 17.3 Å². The number of carbonyl (C=O) groups is 2. The van der Waals surface area contributed by atoms with Gasteiger partial charge in [0.05, 0.1) is 33.1 Å². The summed E-state index contributed by atoms with van der Waals surface area (Å²) in [7, 11) is 1.55. The lowest BCUT2D eigenvalue weighted by molar-refractivity contribution is -0.123. The minimum absolute atomic E-state index is 0.109. The van der Waals surface area contributed by atoms with E-state index in [1.54, 1.807) is 37.5 Å². The van der Waals surface area contributed by atoms with Crippen molar-refractivity contribution >= 4 is 68.1 Å². The summed E-state index contributed by atoms with van der Waals surface area (Å²) in [5, 5.41) is 0.431. The molecule has 0 spiro atoms. The molecule has 0 bridgehead atoms. The third kappa shape index (κ3) is 6.04. The normalized spacial score (nSPS) is 14.7. The number of carbonyl (C=O) groups excluding carboxylic acids is 2. The molecule has 4 rings (SSSR count). The number of hydrogen-bond acceptors (Lipinski definition) is 5. The van der Waals surface area contributed by atoms with E-state index in [0.29, 0.717) is 48.7 Å². The third-order valence-corrected chi connectivity index (χ3v) is 7.49. The van der Waals surface area contributed by atoms with Crippen LogP contribution in [0.3, 0.4) is 0 Å². The Morgan fingerprint density at radius 3 is 2.40 bits per heavy atom. The number of benzene rings is 3. The van der Waals surface area contributed by atoms with Crippen LogP contribution >= 0.6 is 50.9 Å². The topological polar surface area (TPSA) is 55.8 Å². The predicted molar refractivity (Wildman–Crippen MR) is 144 cm³/mol. The molecule has 0 N–H and O–H groups in total. The molecule has 1 saturated heterocycles. The van der Waals surface area contributed by atoms with Gasteiger partial charge in [0.1, 0.15) is 6.61 Å². The number of hydrogen-bond donors (Lipinski definition) is 0. The van der Waals surface area contributed by atoms with E-state index in [9.17, 15) is 9.59 Å². The van der Waals surface area contributed by atoms with Crippen molar-refractivity contribution in [3.63, 3.8) is 0 Å². The largest absolute Gasteiger partial charge is 0.493 e. The number of nitrogens with zero attached hydrogens (tertiary/aromatic N) is 1. The number of amides is 2. The highest BCUT2D eigenvalue weighted by Crippen LogP contribution is 2.40. The molecule has 1 fully saturated rings. The van der Waals surface area contributed by atoms with Gasteiger partial charge in [-0.15, -0.1) is 0 Å². The molecule has 0 saturated carbocycles. The minimum atomic E-state index is -0.374. The van der Waals surface area contributed by atoms with E-state index in [-0.39, 0.29) is 17.7 Å². The van der Waals surface area contributed by atoms with Crippen molar-refractivity contribution in [3.8, 4) is 11.5 Å². The SMILES string of the molecule is COc1cc(/C=C2\SC(=O)N(Cc3ccc(Cl)c(Cl)c3)C2=O)cc(Br)c1OCc1ccc(C)cc1. The summed E-state index contributed by atoms with van der Waals surface area (Å²) in [6.45, 7) is 2.52. The summed E-state index contributed by atoms with van der Waals surface area (Å²) in [6.07, 6.45) is 1.66. The number of thioether (sulfide) groups is 1. The molecule has 0 radical (unpaired) electrons. The molecule has 1 heterocycles. The molecule has 0 atom stereocenters. The van der Waals surface area contributed by atoms with E-state index in [4.69, 9.17) is 32.7 Å². The molecule has 1 aliphatic rings. The first-order valence-electron chi connectivity index (χ1n) is 10.5. The number of halogens is 3. The second kappa shape index (κ2) is 11.1. The Hall–Kier alpha value is -2.45. The Labute approximate surface area is 226 Å². The molecule has 5 nitrogen and oxygen atoms in total. The summed E-state index contributed by atoms with van der Waals surface area (Å²) in [5.74, 6) is 0.687. The Balaban J connectivity index is 1.52. The smallest absolute Gasteiger partial charge is 0.293 e. The van der Waals surface area contributed by atoms with Crippen LogP contribution in [0.25, 0.3) is 6.08 Å². The van der Waals surface area contributed by atoms with E-state index in [1.165, 1.54) is 10.5 Å². The summed E-state index contributed by atoms with van der Waals surface area (Å²) >= 11 is 16.5. The lowest BCUT2D eigenvalue weighted by atomic mass is 10.1. The minimum Gasteiger partial charge on any atom is -0.493 e. The maximum Gasteiger partial charge on any atom is 0.293 e. The zero-order valence-corrected chi connectivity index (χ0v) is 22.7. The average molecular weight is 593 g/mol. The maximum atomic E-state index is 13.0. The Morgan fingerprint density at radius 2 is 1.71 bits per heavy atom. The second-order valence-electron chi connectivity index (χ2n) is 7.82. The van der Waals surface area contributed by atoms with Gasteiger partial charge < -0.3 is 9.47 Å². The standard InChI is InChI=1S/C26H20BrCl2NO4S/c1-15-3-5-16(6-4-15)14-34-24-19(27)9-18(11-22(24)33-2)12-23-25(31)30(26(32)35-23)13-17-7-8-20(28)21(29)10-17/h3-12H,13-14H2,1-2H3/b23-12-. The highest BCUT2D eigenvalue weighted by Gasteiger charge is 2.35. The highest BCUT2D eigenvalue weighted by molar-refractivity contribution is 9.10. The number of ether oxygens (including phenoxy) is 2. The summed E-state index contributed by atoms with van der Waals surface area (Å²) in [6, 6.07) is 16.7. The summed E-state index contributed by atoms with van der Waals surface area (Å²) in [5.41, 5.74) is 3.61. The van der Waals surface area contributed by atoms with Crippen molar-refractivity contribution in [1.29, 1.82) is 0 Å². The zero-order valence-electron chi connectivity index (χ0n) is 18.8. The van der Waals surface area contributed by atoms with Crippen LogP contribution in [0.5, 0.6) is 11.5 Å². The quantitative estimate of drug-likeness (QED) is 0.261. The van der Waals surface area contributed by atoms with Gasteiger partial charge in [0.25, 0.3) is 11.1 Å². The number of aryl methyl sites for hydroxylation is 1. The first-order chi connectivity index (χ1) is 16.7. The molecule has 9 heteroatoms. The van der Waals surface area contributed by atoms with Gasteiger partial charge in [-0.3, -0.25) is 14.5 Å². The molecule has 180 valence electrons. The predicted octanol–water partition coefficient (Wildman–Crippen LogP) is 7.89. The van der Waals surface area contributed by atoms with Crippen molar-refractivity contribution in [2.24, 2.45) is 0 Å². The first kappa shape index (κ1) is 25.6. The molecule has 0 aromatic heterocycles. The van der Waals surface area contributed by atoms with Crippen LogP contribution in [0.2, 0.25) is 10.0 Å². The zero-order chi connectivity index (χ0) is 25.1. The fraction of sp³-hybridized carbons (Fsp3) is 0.154. The Bertz CT molecular complexity index is 1330. The van der Waals surface area contributed by atoms with Crippen LogP contribution in [-0.4, -0.2) is 23.2 Å². The lowest BCUT2D eigenvalue weighted by Crippen LogP contribution is -2.27. The maximum absolute atomic E-state index is 13.0. The monoisotopic (exact) mass is 591 g/mol. The van der Waals surface area contributed by atoms with E-state index in [2.05, 4.69) is 15.9 Å². The first-order valence-corrected chi connectivity index (χ1v) is 12.9. The number of rotatable bonds is 7. The van der Waals surface area contributed by atoms with Crippen LogP contribution in [-0.2, 0) is 17.9 Å². The van der Waals surface area contributed by atoms with Crippen LogP contribution in [0.4, 0.5) is 4.79 Å². The van der Waals surface area contributed by atoms with Crippen molar-refractivity contribution < 1.29 is 19.1 Å². The van der Waals surface area contributed by atoms with Gasteiger partial charge in [-0.1, -0.05) is 59.1 Å². The van der Waals surface area contributed by atoms with E-state index in [1.807, 2.05) is 37.3 Å². The van der Waals surface area contributed by atoms with Crippen LogP contribution in [0.15, 0.2) is 64.0 Å². The lowest BCUT2D eigenvalue weighted by Gasteiger charge is -2.14. The molecule has 1 aliphatic heterocycles. The summed E-state index contributed by atoms with van der Waals surface area (Å²) < 4.78 is 12.2. The van der Waals surface area contributed by atoms with Crippen molar-refractivity contribution in [2.45, 2.75) is 20.1 Å². The van der Waals surface area contributed by atoms with Gasteiger partial charge >= 0.3 is 0 Å². The number of imide groups is 1. The van der Waals surface area contributed by atoms with Crippen molar-refractivity contribution in [3.05, 3.63) is 96.3 Å². The van der Waals surface area contributed by atoms with Crippen molar-refractivity contribution in [1.82, 2.24) is 4.90 Å². The third-order valence-electron chi connectivity index (χ3n) is 5.25. The fourth-order valence-electron chi connectivity index (χ4n) is 3.41. The van der Waals surface area contributed by atoms with Gasteiger partial charge in [0, 0.05) is 0 Å². The van der Waals surface area contributed by atoms with Gasteiger partial charge in [-0.2, -0.15) is 0 Å². The Kier molecular flexibility index (Phi) is 8.12. The van der Waals surface area contributed by atoms with Crippen LogP contribution < -0.4 is 9.47 Å². The fourth-order valence-corrected chi connectivity index (χ4v) is 5.14. The van der Waals surface area contributed by atoms with Gasteiger partial charge in [-0.25, -0.2) is 0 Å². The van der Waals surface area contributed by atoms with E-state index >= 15 is 0 Å². The van der Waals surface area contributed by atoms with Crippen LogP contribution in [0.1, 0.15) is 22.3 Å². The molecule has 3 aromatic rings. The van der Waals surface area contributed by atoms with Crippen molar-refractivity contribution in [2.75, 3.05) is 7.11 Å². The van der Waals surface area contributed by atoms with Gasteiger partial charge in [0.15, 0.2) is 11.5 Å². The highest BCUT2D eigenvalue weighted by atomic mass is 79.9. The Morgan fingerprint density at radius 1 is 1.00 bits per heavy atom. The number of methoxy groups -OCH3 is 1. The summed E-state index contributed by atoms with van der Waals surface area (Å²) in [4.78, 5) is 27.0. The molecule has 35 heavy (non-hydrogen) atoms. The average Bonchev–Trinajstić information content (AvgIpc) is 3.08. The molecular formula is C26H20BrCl2NO4S. The van der Waals surface area contributed by atoms with E-state index < -0.39 is 0 Å². The molecule has 3 aromatic carbocycles. The molecule has 0 aliphatic carbocycles. The van der Waals surface area contributed by atoms with Crippen LogP contribution in [0, 0.1) is 6.92 Å². The molecular weight excluding hydrogens is 573 g/mol. The van der Waals surface area contributed by atoms with Gasteiger partial charge in [0.2, 0.25) is 0 Å². The molecule has 2 amide bonds.